The van der Waals surface area contributed by atoms with Gasteiger partial charge < -0.3 is 4.74 Å². The Balaban J connectivity index is 1.61. The van der Waals surface area contributed by atoms with E-state index >= 15 is 0 Å². The van der Waals surface area contributed by atoms with Gasteiger partial charge in [0, 0.05) is 0 Å². The lowest BCUT2D eigenvalue weighted by Crippen LogP contribution is -2.20. The van der Waals surface area contributed by atoms with Gasteiger partial charge in [-0.2, -0.15) is 0 Å². The van der Waals surface area contributed by atoms with E-state index in [-0.39, 0.29) is 0 Å². The lowest BCUT2D eigenvalue weighted by atomic mass is 9.80. The van der Waals surface area contributed by atoms with Crippen LogP contribution in [0.2, 0.25) is 0 Å². The number of para-hydroxylation sites is 1. The molecule has 0 aromatic heterocycles. The molecule has 0 bridgehead atoms. The highest BCUT2D eigenvalue weighted by Crippen LogP contribution is 2.32. The van der Waals surface area contributed by atoms with Gasteiger partial charge in [-0.25, -0.2) is 0 Å². The summed E-state index contributed by atoms with van der Waals surface area (Å²) in [5.74, 6) is 2.80. The first-order valence-electron chi connectivity index (χ1n) is 8.06. The molecule has 1 heteroatoms. The predicted octanol–water partition coefficient (Wildman–Crippen LogP) is 5.45. The summed E-state index contributed by atoms with van der Waals surface area (Å²) < 4.78 is 5.88. The molecular formula is C18H28O. The van der Waals surface area contributed by atoms with Crippen molar-refractivity contribution in [3.63, 3.8) is 0 Å². The third kappa shape index (κ3) is 5.26. The second kappa shape index (κ2) is 8.24. The smallest absolute Gasteiger partial charge is 0.119 e. The number of ether oxygens (including phenoxy) is 1. The van der Waals surface area contributed by atoms with E-state index in [0.29, 0.717) is 0 Å². The van der Waals surface area contributed by atoms with Gasteiger partial charge in [-0.3, -0.25) is 0 Å². The average Bonchev–Trinajstić information content (AvgIpc) is 2.48. The molecule has 0 unspecified atom stereocenters. The first-order chi connectivity index (χ1) is 9.38. The minimum atomic E-state index is 0.780. The standard InChI is InChI=1S/C18H28O/c1-2-3-5-8-16-11-13-17(14-12-16)15-19-18-9-6-4-7-10-18/h4,6-7,9-10,16-17H,2-3,5,8,11-15H2,1H3. The number of hydrogen-bond donors (Lipinski definition) is 0. The van der Waals surface area contributed by atoms with Crippen molar-refractivity contribution in [1.29, 1.82) is 0 Å². The fraction of sp³-hybridized carbons (Fsp3) is 0.667. The summed E-state index contributed by atoms with van der Waals surface area (Å²) in [6, 6.07) is 10.2. The third-order valence-corrected chi connectivity index (χ3v) is 4.41. The average molecular weight is 260 g/mol. The van der Waals surface area contributed by atoms with Crippen LogP contribution in [0.15, 0.2) is 30.3 Å². The van der Waals surface area contributed by atoms with E-state index in [4.69, 9.17) is 4.74 Å². The van der Waals surface area contributed by atoms with Crippen molar-refractivity contribution in [2.45, 2.75) is 58.3 Å². The summed E-state index contributed by atoms with van der Waals surface area (Å²) in [7, 11) is 0. The molecule has 1 aromatic rings. The number of benzene rings is 1. The fourth-order valence-electron chi connectivity index (χ4n) is 3.10. The molecule has 0 saturated heterocycles. The molecule has 106 valence electrons. The minimum Gasteiger partial charge on any atom is -0.493 e. The van der Waals surface area contributed by atoms with Crippen molar-refractivity contribution in [3.8, 4) is 5.75 Å². The molecule has 0 amide bonds. The topological polar surface area (TPSA) is 9.23 Å². The summed E-state index contributed by atoms with van der Waals surface area (Å²) in [6.07, 6.45) is 11.2. The van der Waals surface area contributed by atoms with Gasteiger partial charge in [-0.15, -0.1) is 0 Å². The van der Waals surface area contributed by atoms with Crippen LogP contribution in [0.25, 0.3) is 0 Å². The van der Waals surface area contributed by atoms with Crippen molar-refractivity contribution >= 4 is 0 Å². The molecule has 2 rings (SSSR count). The zero-order chi connectivity index (χ0) is 13.3. The van der Waals surface area contributed by atoms with E-state index in [0.717, 1.165) is 24.2 Å². The van der Waals surface area contributed by atoms with E-state index in [1.54, 1.807) is 0 Å². The van der Waals surface area contributed by atoms with Gasteiger partial charge in [0.2, 0.25) is 0 Å². The molecule has 1 aliphatic rings. The summed E-state index contributed by atoms with van der Waals surface area (Å²) in [4.78, 5) is 0. The van der Waals surface area contributed by atoms with Crippen LogP contribution in [0.1, 0.15) is 58.3 Å². The maximum Gasteiger partial charge on any atom is 0.119 e. The molecule has 0 spiro atoms. The van der Waals surface area contributed by atoms with Crippen LogP contribution in [0.3, 0.4) is 0 Å². The maximum atomic E-state index is 5.88. The molecule has 1 fully saturated rings. The number of unbranched alkanes of at least 4 members (excludes halogenated alkanes) is 2. The van der Waals surface area contributed by atoms with E-state index in [1.807, 2.05) is 18.2 Å². The Hall–Kier alpha value is -0.980. The van der Waals surface area contributed by atoms with Crippen molar-refractivity contribution in [1.82, 2.24) is 0 Å². The highest BCUT2D eigenvalue weighted by atomic mass is 16.5. The Morgan fingerprint density at radius 1 is 0.947 bits per heavy atom. The Kier molecular flexibility index (Phi) is 6.26. The van der Waals surface area contributed by atoms with Gasteiger partial charge in [0.05, 0.1) is 6.61 Å². The second-order valence-electron chi connectivity index (χ2n) is 6.01. The maximum absolute atomic E-state index is 5.88. The SMILES string of the molecule is CCCCCC1CCC(COc2ccccc2)CC1. The summed E-state index contributed by atoms with van der Waals surface area (Å²) >= 11 is 0. The summed E-state index contributed by atoms with van der Waals surface area (Å²) in [6.45, 7) is 3.20. The molecule has 1 aromatic carbocycles. The zero-order valence-electron chi connectivity index (χ0n) is 12.3. The van der Waals surface area contributed by atoms with Gasteiger partial charge in [0.15, 0.2) is 0 Å². The molecule has 1 nitrogen and oxygen atoms in total. The summed E-state index contributed by atoms with van der Waals surface area (Å²) in [5.41, 5.74) is 0. The molecule has 1 saturated carbocycles. The van der Waals surface area contributed by atoms with Crippen LogP contribution in [-0.2, 0) is 0 Å². The van der Waals surface area contributed by atoms with Gasteiger partial charge in [-0.1, -0.05) is 63.6 Å². The van der Waals surface area contributed by atoms with Crippen molar-refractivity contribution < 1.29 is 4.74 Å². The highest BCUT2D eigenvalue weighted by Gasteiger charge is 2.21. The van der Waals surface area contributed by atoms with Gasteiger partial charge >= 0.3 is 0 Å². The van der Waals surface area contributed by atoms with Gasteiger partial charge in [0.1, 0.15) is 5.75 Å². The van der Waals surface area contributed by atoms with E-state index in [1.165, 1.54) is 51.4 Å². The first kappa shape index (κ1) is 14.4. The molecule has 1 aliphatic carbocycles. The Morgan fingerprint density at radius 3 is 2.32 bits per heavy atom. The second-order valence-corrected chi connectivity index (χ2v) is 6.01. The van der Waals surface area contributed by atoms with Gasteiger partial charge in [0.25, 0.3) is 0 Å². The Labute approximate surface area is 118 Å². The fourth-order valence-corrected chi connectivity index (χ4v) is 3.10. The van der Waals surface area contributed by atoms with Crippen molar-refractivity contribution in [2.24, 2.45) is 11.8 Å². The van der Waals surface area contributed by atoms with Crippen LogP contribution < -0.4 is 4.74 Å². The Morgan fingerprint density at radius 2 is 1.63 bits per heavy atom. The van der Waals surface area contributed by atoms with E-state index in [9.17, 15) is 0 Å². The minimum absolute atomic E-state index is 0.780. The van der Waals surface area contributed by atoms with E-state index in [2.05, 4.69) is 19.1 Å². The van der Waals surface area contributed by atoms with E-state index < -0.39 is 0 Å². The van der Waals surface area contributed by atoms with Crippen molar-refractivity contribution in [3.05, 3.63) is 30.3 Å². The van der Waals surface area contributed by atoms with Crippen molar-refractivity contribution in [2.75, 3.05) is 6.61 Å². The predicted molar refractivity (Wildman–Crippen MR) is 81.5 cm³/mol. The molecule has 0 atom stereocenters. The molecule has 19 heavy (non-hydrogen) atoms. The number of rotatable bonds is 7. The van der Waals surface area contributed by atoms with Gasteiger partial charge in [-0.05, 0) is 36.8 Å². The lowest BCUT2D eigenvalue weighted by molar-refractivity contribution is 0.177. The first-order valence-corrected chi connectivity index (χ1v) is 8.06. The highest BCUT2D eigenvalue weighted by molar-refractivity contribution is 5.20. The quantitative estimate of drug-likeness (QED) is 0.592. The molecule has 0 heterocycles. The monoisotopic (exact) mass is 260 g/mol. The van der Waals surface area contributed by atoms with Crippen LogP contribution >= 0.6 is 0 Å². The largest absolute Gasteiger partial charge is 0.493 e. The normalized spacial score (nSPS) is 23.2. The lowest BCUT2D eigenvalue weighted by Gasteiger charge is -2.28. The van der Waals surface area contributed by atoms with Crippen LogP contribution in [-0.4, -0.2) is 6.61 Å². The van der Waals surface area contributed by atoms with Crippen LogP contribution in [0.4, 0.5) is 0 Å². The Bertz CT molecular complexity index is 325. The third-order valence-electron chi connectivity index (χ3n) is 4.41. The zero-order valence-corrected chi connectivity index (χ0v) is 12.3. The van der Waals surface area contributed by atoms with Crippen LogP contribution in [0, 0.1) is 11.8 Å². The summed E-state index contributed by atoms with van der Waals surface area (Å²) in [5, 5.41) is 0. The molecular weight excluding hydrogens is 232 g/mol. The molecule has 0 radical (unpaired) electrons. The van der Waals surface area contributed by atoms with Crippen LogP contribution in [0.5, 0.6) is 5.75 Å². The number of hydrogen-bond acceptors (Lipinski definition) is 1. The molecule has 0 aliphatic heterocycles. The molecule has 0 N–H and O–H groups in total.